The highest BCUT2D eigenvalue weighted by Gasteiger charge is 2.03. The molecule has 2 nitrogen and oxygen atoms in total. The molecule has 0 saturated heterocycles. The fraction of sp³-hybridized carbons (Fsp3) is 0.0952. The van der Waals surface area contributed by atoms with E-state index < -0.39 is 0 Å². The van der Waals surface area contributed by atoms with Gasteiger partial charge < -0.3 is 4.74 Å². The van der Waals surface area contributed by atoms with Crippen molar-refractivity contribution in [1.82, 2.24) is 0 Å². The van der Waals surface area contributed by atoms with Crippen LogP contribution in [0.1, 0.15) is 16.7 Å². The number of aryl methyl sites for hydroxylation is 1. The molecule has 4 heteroatoms. The minimum atomic E-state index is 0.536. The number of rotatable bonds is 5. The van der Waals surface area contributed by atoms with E-state index >= 15 is 0 Å². The van der Waals surface area contributed by atoms with Gasteiger partial charge >= 0.3 is 0 Å². The number of halogens is 2. The van der Waals surface area contributed by atoms with Gasteiger partial charge in [-0.25, -0.2) is 0 Å². The van der Waals surface area contributed by atoms with Gasteiger partial charge in [0.1, 0.15) is 12.4 Å². The number of hydrogen-bond donors (Lipinski definition) is 0. The minimum absolute atomic E-state index is 0.536. The fourth-order valence-corrected chi connectivity index (χ4v) is 2.99. The van der Waals surface area contributed by atoms with E-state index in [1.54, 1.807) is 0 Å². The SMILES string of the molecule is Cc1ccc(Cl)cc1N=Cc1ccc(OCc2ccccc2)c(Br)c1. The average Bonchev–Trinajstić information content (AvgIpc) is 2.62. The van der Waals surface area contributed by atoms with Crippen LogP contribution in [0.5, 0.6) is 5.75 Å². The van der Waals surface area contributed by atoms with Crippen LogP contribution in [-0.2, 0) is 6.61 Å². The molecule has 0 N–H and O–H groups in total. The zero-order chi connectivity index (χ0) is 17.6. The maximum absolute atomic E-state index is 6.03. The van der Waals surface area contributed by atoms with Gasteiger partial charge in [0.2, 0.25) is 0 Å². The fourth-order valence-electron chi connectivity index (χ4n) is 2.32. The molecule has 3 aromatic rings. The number of ether oxygens (including phenoxy) is 1. The van der Waals surface area contributed by atoms with Crippen molar-refractivity contribution >= 4 is 39.4 Å². The van der Waals surface area contributed by atoms with Crippen molar-refractivity contribution in [3.63, 3.8) is 0 Å². The Bertz CT molecular complexity index is 894. The highest BCUT2D eigenvalue weighted by Crippen LogP contribution is 2.27. The van der Waals surface area contributed by atoms with Crippen LogP contribution in [0.25, 0.3) is 0 Å². The monoisotopic (exact) mass is 413 g/mol. The molecule has 3 aromatic carbocycles. The lowest BCUT2D eigenvalue weighted by molar-refractivity contribution is 0.304. The molecule has 0 saturated carbocycles. The summed E-state index contributed by atoms with van der Waals surface area (Å²) >= 11 is 9.60. The Labute approximate surface area is 161 Å². The molecule has 0 heterocycles. The summed E-state index contributed by atoms with van der Waals surface area (Å²) in [6.07, 6.45) is 1.82. The minimum Gasteiger partial charge on any atom is -0.488 e. The smallest absolute Gasteiger partial charge is 0.134 e. The van der Waals surface area contributed by atoms with Crippen LogP contribution < -0.4 is 4.74 Å². The predicted octanol–water partition coefficient (Wildman–Crippen LogP) is 6.74. The first kappa shape index (κ1) is 17.7. The maximum atomic E-state index is 6.03. The third kappa shape index (κ3) is 4.94. The molecular formula is C21H17BrClNO. The molecule has 0 aliphatic rings. The molecule has 0 spiro atoms. The third-order valence-corrected chi connectivity index (χ3v) is 4.57. The summed E-state index contributed by atoms with van der Waals surface area (Å²) in [6.45, 7) is 2.55. The largest absolute Gasteiger partial charge is 0.488 e. The molecule has 0 atom stereocenters. The van der Waals surface area contributed by atoms with Crippen LogP contribution in [0.4, 0.5) is 5.69 Å². The summed E-state index contributed by atoms with van der Waals surface area (Å²) in [4.78, 5) is 4.53. The zero-order valence-electron chi connectivity index (χ0n) is 13.7. The Morgan fingerprint density at radius 1 is 1.04 bits per heavy atom. The van der Waals surface area contributed by atoms with Crippen LogP contribution in [0.15, 0.2) is 76.2 Å². The van der Waals surface area contributed by atoms with Crippen LogP contribution in [0.3, 0.4) is 0 Å². The molecule has 0 radical (unpaired) electrons. The van der Waals surface area contributed by atoms with E-state index in [4.69, 9.17) is 16.3 Å². The van der Waals surface area contributed by atoms with Crippen molar-refractivity contribution < 1.29 is 4.74 Å². The van der Waals surface area contributed by atoms with Gasteiger partial charge in [-0.05, 0) is 69.9 Å². The first-order chi connectivity index (χ1) is 12.1. The summed E-state index contributed by atoms with van der Waals surface area (Å²) in [6, 6.07) is 21.7. The van der Waals surface area contributed by atoms with Gasteiger partial charge in [0, 0.05) is 11.2 Å². The Kier molecular flexibility index (Phi) is 5.90. The molecule has 0 aliphatic carbocycles. The first-order valence-corrected chi connectivity index (χ1v) is 9.05. The van der Waals surface area contributed by atoms with E-state index in [1.165, 1.54) is 0 Å². The van der Waals surface area contributed by atoms with Crippen LogP contribution >= 0.6 is 27.5 Å². The van der Waals surface area contributed by atoms with Gasteiger partial charge in [-0.1, -0.05) is 48.0 Å². The van der Waals surface area contributed by atoms with Gasteiger partial charge in [0.25, 0.3) is 0 Å². The van der Waals surface area contributed by atoms with Crippen LogP contribution in [0, 0.1) is 6.92 Å². The van der Waals surface area contributed by atoms with Crippen molar-refractivity contribution in [2.75, 3.05) is 0 Å². The lowest BCUT2D eigenvalue weighted by Gasteiger charge is -2.09. The van der Waals surface area contributed by atoms with E-state index in [1.807, 2.05) is 79.9 Å². The quantitative estimate of drug-likeness (QED) is 0.424. The Morgan fingerprint density at radius 3 is 2.60 bits per heavy atom. The van der Waals surface area contributed by atoms with E-state index in [0.29, 0.717) is 11.6 Å². The highest BCUT2D eigenvalue weighted by atomic mass is 79.9. The van der Waals surface area contributed by atoms with E-state index in [0.717, 1.165) is 32.6 Å². The maximum Gasteiger partial charge on any atom is 0.134 e. The van der Waals surface area contributed by atoms with Crippen molar-refractivity contribution in [1.29, 1.82) is 0 Å². The lowest BCUT2D eigenvalue weighted by atomic mass is 10.2. The van der Waals surface area contributed by atoms with Crippen molar-refractivity contribution in [3.8, 4) is 5.75 Å². The Hall–Kier alpha value is -2.10. The van der Waals surface area contributed by atoms with Gasteiger partial charge in [0.05, 0.1) is 10.2 Å². The van der Waals surface area contributed by atoms with Crippen LogP contribution in [0.2, 0.25) is 5.02 Å². The average molecular weight is 415 g/mol. The molecule has 3 rings (SSSR count). The summed E-state index contributed by atoms with van der Waals surface area (Å²) in [5.41, 5.74) is 4.07. The van der Waals surface area contributed by atoms with Gasteiger partial charge in [-0.3, -0.25) is 4.99 Å². The molecule has 25 heavy (non-hydrogen) atoms. The molecular weight excluding hydrogens is 398 g/mol. The molecule has 0 unspecified atom stereocenters. The van der Waals surface area contributed by atoms with Gasteiger partial charge in [-0.2, -0.15) is 0 Å². The standard InChI is InChI=1S/C21H17BrClNO/c1-15-7-9-18(23)12-20(15)24-13-17-8-10-21(19(22)11-17)25-14-16-5-3-2-4-6-16/h2-13H,14H2,1H3. The number of benzene rings is 3. The molecule has 0 fully saturated rings. The third-order valence-electron chi connectivity index (χ3n) is 3.72. The zero-order valence-corrected chi connectivity index (χ0v) is 16.1. The Morgan fingerprint density at radius 2 is 1.84 bits per heavy atom. The first-order valence-electron chi connectivity index (χ1n) is 7.88. The second-order valence-corrected chi connectivity index (χ2v) is 6.94. The van der Waals surface area contributed by atoms with Gasteiger partial charge in [-0.15, -0.1) is 0 Å². The van der Waals surface area contributed by atoms with Gasteiger partial charge in [0.15, 0.2) is 0 Å². The highest BCUT2D eigenvalue weighted by molar-refractivity contribution is 9.10. The predicted molar refractivity (Wildman–Crippen MR) is 108 cm³/mol. The van der Waals surface area contributed by atoms with Crippen LogP contribution in [-0.4, -0.2) is 6.21 Å². The molecule has 126 valence electrons. The van der Waals surface area contributed by atoms with Crippen molar-refractivity contribution in [3.05, 3.63) is 92.9 Å². The summed E-state index contributed by atoms with van der Waals surface area (Å²) in [7, 11) is 0. The topological polar surface area (TPSA) is 21.6 Å². The molecule has 0 bridgehead atoms. The second-order valence-electron chi connectivity index (χ2n) is 5.65. The lowest BCUT2D eigenvalue weighted by Crippen LogP contribution is -1.96. The molecule has 0 aliphatic heterocycles. The number of aliphatic imine (C=N–C) groups is 1. The van der Waals surface area contributed by atoms with E-state index in [2.05, 4.69) is 20.9 Å². The summed E-state index contributed by atoms with van der Waals surface area (Å²) in [5.74, 6) is 0.805. The molecule has 0 aromatic heterocycles. The van der Waals surface area contributed by atoms with E-state index in [-0.39, 0.29) is 0 Å². The summed E-state index contributed by atoms with van der Waals surface area (Å²) in [5, 5.41) is 0.684. The Balaban J connectivity index is 1.71. The van der Waals surface area contributed by atoms with Crippen molar-refractivity contribution in [2.24, 2.45) is 4.99 Å². The summed E-state index contributed by atoms with van der Waals surface area (Å²) < 4.78 is 6.76. The van der Waals surface area contributed by atoms with E-state index in [9.17, 15) is 0 Å². The molecule has 0 amide bonds. The number of nitrogens with zero attached hydrogens (tertiary/aromatic N) is 1. The van der Waals surface area contributed by atoms with Crippen molar-refractivity contribution in [2.45, 2.75) is 13.5 Å². The number of hydrogen-bond acceptors (Lipinski definition) is 2. The second kappa shape index (κ2) is 8.32. The normalized spacial score (nSPS) is 11.0.